The molecule has 2 atom stereocenters. The van der Waals surface area contributed by atoms with Crippen molar-refractivity contribution in [2.24, 2.45) is 0 Å². The molecule has 0 saturated heterocycles. The van der Waals surface area contributed by atoms with Gasteiger partial charge in [-0.25, -0.2) is 31.3 Å². The Hall–Kier alpha value is -4.03. The third-order valence-electron chi connectivity index (χ3n) is 6.22. The van der Waals surface area contributed by atoms with Gasteiger partial charge in [0.15, 0.2) is 11.6 Å². The first-order valence-corrected chi connectivity index (χ1v) is 12.6. The molecular formula is C24H17ClF2N4O5S. The number of fused-ring (bicyclic) bond motifs is 2. The van der Waals surface area contributed by atoms with Crippen LogP contribution in [0.5, 0.6) is 0 Å². The van der Waals surface area contributed by atoms with Crippen molar-refractivity contribution in [1.82, 2.24) is 14.3 Å². The second-order valence-electron chi connectivity index (χ2n) is 8.40. The highest BCUT2D eigenvalue weighted by Crippen LogP contribution is 2.41. The minimum absolute atomic E-state index is 0.175. The van der Waals surface area contributed by atoms with Crippen LogP contribution in [0.1, 0.15) is 11.6 Å². The van der Waals surface area contributed by atoms with Crippen molar-refractivity contribution in [1.29, 1.82) is 0 Å². The summed E-state index contributed by atoms with van der Waals surface area (Å²) in [6, 6.07) is 10.1. The lowest BCUT2D eigenvalue weighted by molar-refractivity contribution is -0.121. The third kappa shape index (κ3) is 4.07. The van der Waals surface area contributed by atoms with Crippen molar-refractivity contribution < 1.29 is 22.0 Å². The molecule has 2 heterocycles. The van der Waals surface area contributed by atoms with Crippen LogP contribution in [0.2, 0.25) is 5.02 Å². The second kappa shape index (κ2) is 8.82. The molecule has 190 valence electrons. The van der Waals surface area contributed by atoms with E-state index in [9.17, 15) is 31.6 Å². The first kappa shape index (κ1) is 24.7. The zero-order valence-electron chi connectivity index (χ0n) is 18.9. The van der Waals surface area contributed by atoms with Gasteiger partial charge in [-0.1, -0.05) is 23.7 Å². The van der Waals surface area contributed by atoms with Gasteiger partial charge < -0.3 is 9.88 Å². The third-order valence-corrected chi connectivity index (χ3v) is 7.80. The lowest BCUT2D eigenvalue weighted by Crippen LogP contribution is -2.52. The van der Waals surface area contributed by atoms with Gasteiger partial charge in [-0.2, -0.15) is 0 Å². The maximum absolute atomic E-state index is 13.7. The summed E-state index contributed by atoms with van der Waals surface area (Å²) >= 11 is 6.19. The molecule has 4 aromatic rings. The predicted octanol–water partition coefficient (Wildman–Crippen LogP) is 2.53. The van der Waals surface area contributed by atoms with E-state index < -0.39 is 55.8 Å². The van der Waals surface area contributed by atoms with Crippen molar-refractivity contribution in [3.63, 3.8) is 0 Å². The monoisotopic (exact) mass is 546 g/mol. The number of hydrogen-bond donors (Lipinski definition) is 2. The quantitative estimate of drug-likeness (QED) is 0.406. The van der Waals surface area contributed by atoms with E-state index in [0.717, 1.165) is 10.6 Å². The Morgan fingerprint density at radius 1 is 1.03 bits per heavy atom. The van der Waals surface area contributed by atoms with Gasteiger partial charge in [0.1, 0.15) is 6.04 Å². The van der Waals surface area contributed by atoms with Crippen LogP contribution in [-0.2, 0) is 14.8 Å². The number of rotatable bonds is 4. The van der Waals surface area contributed by atoms with E-state index in [1.54, 1.807) is 30.3 Å². The molecule has 0 spiro atoms. The maximum atomic E-state index is 13.7. The average Bonchev–Trinajstić information content (AvgIpc) is 3.11. The van der Waals surface area contributed by atoms with Crippen LogP contribution in [0.15, 0.2) is 75.1 Å². The van der Waals surface area contributed by atoms with Crippen LogP contribution in [0.3, 0.4) is 0 Å². The lowest BCUT2D eigenvalue weighted by Gasteiger charge is -2.26. The number of para-hydroxylation sites is 1. The Bertz CT molecular complexity index is 1820. The number of sulfonamides is 1. The van der Waals surface area contributed by atoms with E-state index in [1.807, 2.05) is 4.72 Å². The molecule has 3 aromatic carbocycles. The zero-order chi connectivity index (χ0) is 26.6. The van der Waals surface area contributed by atoms with Crippen molar-refractivity contribution in [2.75, 3.05) is 11.9 Å². The van der Waals surface area contributed by atoms with E-state index >= 15 is 0 Å². The normalized spacial score (nSPS) is 17.1. The lowest BCUT2D eigenvalue weighted by atomic mass is 10.0. The summed E-state index contributed by atoms with van der Waals surface area (Å²) in [5, 5.41) is 0.437. The minimum Gasteiger partial charge on any atom is -0.360 e. The Morgan fingerprint density at radius 2 is 1.76 bits per heavy atom. The number of carbonyl (C=O) groups excluding carboxylic acids is 1. The van der Waals surface area contributed by atoms with E-state index in [1.165, 1.54) is 24.1 Å². The fraction of sp³-hybridized carbons (Fsp3) is 0.125. The number of likely N-dealkylation sites (N-methyl/N-ethyl adjacent to an activating group) is 1. The van der Waals surface area contributed by atoms with Crippen LogP contribution < -0.4 is 20.9 Å². The molecule has 1 aliphatic heterocycles. The number of hydrogen-bond acceptors (Lipinski definition) is 6. The summed E-state index contributed by atoms with van der Waals surface area (Å²) in [4.78, 5) is 43.4. The summed E-state index contributed by atoms with van der Waals surface area (Å²) in [6.07, 6.45) is 0. The smallest absolute Gasteiger partial charge is 0.329 e. The molecule has 13 heteroatoms. The Kier molecular flexibility index (Phi) is 5.88. The van der Waals surface area contributed by atoms with Crippen molar-refractivity contribution >= 4 is 44.1 Å². The number of aromatic nitrogens is 2. The number of benzene rings is 3. The number of H-pyrrole nitrogens is 1. The topological polar surface area (TPSA) is 121 Å². The van der Waals surface area contributed by atoms with Crippen LogP contribution in [0, 0.1) is 11.6 Å². The molecule has 0 radical (unpaired) electrons. The highest BCUT2D eigenvalue weighted by molar-refractivity contribution is 7.90. The summed E-state index contributed by atoms with van der Waals surface area (Å²) in [5.74, 6) is -3.78. The molecule has 2 N–H and O–H groups in total. The molecular weight excluding hydrogens is 530 g/mol. The standard InChI is InChI=1S/C24H17ClF2N4O5S/c1-30-19-9-6-12(25)10-15(19)20(31-23(33)14-4-2-3-5-18(14)28-24(31)34)21(30)22(32)29-37(35,36)13-7-8-16(26)17(27)11-13/h2-11,20-21H,1H3,(H,28,34)(H,29,32). The molecule has 1 aliphatic rings. The summed E-state index contributed by atoms with van der Waals surface area (Å²) in [6.45, 7) is 0. The molecule has 0 aliphatic carbocycles. The summed E-state index contributed by atoms with van der Waals surface area (Å²) < 4.78 is 55.4. The first-order chi connectivity index (χ1) is 17.5. The molecule has 5 rings (SSSR count). The predicted molar refractivity (Wildman–Crippen MR) is 132 cm³/mol. The van der Waals surface area contributed by atoms with Crippen molar-refractivity contribution in [3.05, 3.63) is 104 Å². The molecule has 0 saturated carbocycles. The van der Waals surface area contributed by atoms with Crippen molar-refractivity contribution in [2.45, 2.75) is 17.0 Å². The molecule has 9 nitrogen and oxygen atoms in total. The van der Waals surface area contributed by atoms with Gasteiger partial charge in [-0.15, -0.1) is 0 Å². The molecule has 1 aromatic heterocycles. The number of halogens is 3. The molecule has 0 bridgehead atoms. The fourth-order valence-corrected chi connectivity index (χ4v) is 5.73. The van der Waals surface area contributed by atoms with E-state index in [4.69, 9.17) is 11.6 Å². The van der Waals surface area contributed by atoms with Gasteiger partial charge in [0, 0.05) is 23.3 Å². The SMILES string of the molecule is CN1c2ccc(Cl)cc2C(n2c(=O)[nH]c3ccccc3c2=O)C1C(=O)NS(=O)(=O)c1ccc(F)c(F)c1. The summed E-state index contributed by atoms with van der Waals surface area (Å²) in [7, 11) is -3.16. The first-order valence-electron chi connectivity index (χ1n) is 10.8. The second-order valence-corrected chi connectivity index (χ2v) is 10.5. The van der Waals surface area contributed by atoms with Gasteiger partial charge in [0.2, 0.25) is 0 Å². The largest absolute Gasteiger partial charge is 0.360 e. The molecule has 2 unspecified atom stereocenters. The number of aromatic amines is 1. The van der Waals surface area contributed by atoms with E-state index in [0.29, 0.717) is 23.4 Å². The Balaban J connectivity index is 1.66. The van der Waals surface area contributed by atoms with Gasteiger partial charge in [-0.05, 0) is 48.5 Å². The zero-order valence-corrected chi connectivity index (χ0v) is 20.5. The number of nitrogens with one attached hydrogen (secondary N) is 2. The maximum Gasteiger partial charge on any atom is 0.329 e. The van der Waals surface area contributed by atoms with Gasteiger partial charge in [0.05, 0.1) is 21.8 Å². The van der Waals surface area contributed by atoms with E-state index in [2.05, 4.69) is 4.98 Å². The van der Waals surface area contributed by atoms with Crippen molar-refractivity contribution in [3.8, 4) is 0 Å². The average molecular weight is 547 g/mol. The van der Waals surface area contributed by atoms with E-state index in [-0.39, 0.29) is 15.9 Å². The van der Waals surface area contributed by atoms with Gasteiger partial charge >= 0.3 is 5.69 Å². The van der Waals surface area contributed by atoms with Crippen LogP contribution in [0.25, 0.3) is 10.9 Å². The highest BCUT2D eigenvalue weighted by Gasteiger charge is 2.45. The van der Waals surface area contributed by atoms with Gasteiger partial charge in [-0.3, -0.25) is 9.59 Å². The summed E-state index contributed by atoms with van der Waals surface area (Å²) in [5.41, 5.74) is -0.473. The van der Waals surface area contributed by atoms with Gasteiger partial charge in [0.25, 0.3) is 21.5 Å². The molecule has 37 heavy (non-hydrogen) atoms. The highest BCUT2D eigenvalue weighted by atomic mass is 35.5. The molecule has 1 amide bonds. The Morgan fingerprint density at radius 3 is 2.49 bits per heavy atom. The van der Waals surface area contributed by atoms with Crippen LogP contribution in [0.4, 0.5) is 14.5 Å². The van der Waals surface area contributed by atoms with Crippen LogP contribution >= 0.6 is 11.6 Å². The number of nitrogens with zero attached hydrogens (tertiary/aromatic N) is 2. The van der Waals surface area contributed by atoms with Crippen LogP contribution in [-0.4, -0.2) is 37.0 Å². The number of carbonyl (C=O) groups is 1. The number of amides is 1. The Labute approximate surface area is 213 Å². The fourth-order valence-electron chi connectivity index (χ4n) is 4.54. The number of anilines is 1. The minimum atomic E-state index is -4.65. The molecule has 0 fully saturated rings.